The zero-order valence-corrected chi connectivity index (χ0v) is 15.7. The van der Waals surface area contributed by atoms with Crippen LogP contribution in [0.3, 0.4) is 0 Å². The molecule has 0 unspecified atom stereocenters. The maximum Gasteiger partial charge on any atom is 0.253 e. The molecule has 2 heterocycles. The number of piperidine rings is 1. The van der Waals surface area contributed by atoms with E-state index in [-0.39, 0.29) is 11.7 Å². The predicted molar refractivity (Wildman–Crippen MR) is 104 cm³/mol. The molecule has 0 spiro atoms. The lowest BCUT2D eigenvalue weighted by Crippen LogP contribution is -2.39. The summed E-state index contributed by atoms with van der Waals surface area (Å²) in [5.74, 6) is 0.984. The Morgan fingerprint density at radius 3 is 2.61 bits per heavy atom. The van der Waals surface area contributed by atoms with Crippen molar-refractivity contribution >= 4 is 5.91 Å². The van der Waals surface area contributed by atoms with Gasteiger partial charge in [0.1, 0.15) is 18.0 Å². The van der Waals surface area contributed by atoms with Crippen LogP contribution in [0.15, 0.2) is 60.9 Å². The summed E-state index contributed by atoms with van der Waals surface area (Å²) in [6, 6.07) is 16.2. The second-order valence-electron chi connectivity index (χ2n) is 7.31. The summed E-state index contributed by atoms with van der Waals surface area (Å²) in [4.78, 5) is 14.4. The molecular weight excluding hydrogens is 355 g/mol. The number of benzene rings is 2. The average molecular weight is 378 g/mol. The second-order valence-corrected chi connectivity index (χ2v) is 7.31. The number of hydrogen-bond donors (Lipinski definition) is 0. The van der Waals surface area contributed by atoms with Crippen molar-refractivity contribution in [2.75, 3.05) is 13.1 Å². The number of carbonyl (C=O) groups excluding carboxylic acids is 1. The molecule has 1 amide bonds. The number of amides is 1. The second kappa shape index (κ2) is 8.33. The van der Waals surface area contributed by atoms with Crippen LogP contribution in [-0.2, 0) is 13.0 Å². The summed E-state index contributed by atoms with van der Waals surface area (Å²) < 4.78 is 15.5. The van der Waals surface area contributed by atoms with Gasteiger partial charge in [-0.1, -0.05) is 36.4 Å². The topological polar surface area (TPSA) is 51.0 Å². The summed E-state index contributed by atoms with van der Waals surface area (Å²) in [6.07, 6.45) is 4.47. The largest absolute Gasteiger partial charge is 0.339 e. The third-order valence-electron chi connectivity index (χ3n) is 5.34. The Bertz CT molecular complexity index is 932. The fraction of sp³-hybridized carbons (Fsp3) is 0.318. The van der Waals surface area contributed by atoms with Gasteiger partial charge in [0.05, 0.1) is 6.54 Å². The maximum absolute atomic E-state index is 13.4. The Balaban J connectivity index is 1.34. The molecule has 1 fully saturated rings. The van der Waals surface area contributed by atoms with Crippen LogP contribution in [0.4, 0.5) is 4.39 Å². The molecule has 0 aliphatic carbocycles. The van der Waals surface area contributed by atoms with E-state index in [0.717, 1.165) is 31.6 Å². The molecule has 5 nitrogen and oxygen atoms in total. The number of aromatic nitrogens is 3. The third-order valence-corrected chi connectivity index (χ3v) is 5.34. The van der Waals surface area contributed by atoms with E-state index in [1.807, 2.05) is 23.1 Å². The molecule has 144 valence electrons. The normalized spacial score (nSPS) is 15.0. The van der Waals surface area contributed by atoms with Gasteiger partial charge in [-0.15, -0.1) is 10.2 Å². The fourth-order valence-corrected chi connectivity index (χ4v) is 3.75. The summed E-state index contributed by atoms with van der Waals surface area (Å²) in [7, 11) is 0. The van der Waals surface area contributed by atoms with Crippen LogP contribution < -0.4 is 0 Å². The lowest BCUT2D eigenvalue weighted by atomic mass is 9.92. The lowest BCUT2D eigenvalue weighted by molar-refractivity contribution is 0.0689. The quantitative estimate of drug-likeness (QED) is 0.682. The molecule has 2 aromatic carbocycles. The van der Waals surface area contributed by atoms with Crippen molar-refractivity contribution in [1.29, 1.82) is 0 Å². The number of hydrogen-bond acceptors (Lipinski definition) is 3. The Hall–Kier alpha value is -3.02. The van der Waals surface area contributed by atoms with Crippen LogP contribution in [-0.4, -0.2) is 38.7 Å². The van der Waals surface area contributed by atoms with E-state index in [1.165, 1.54) is 17.7 Å². The fourth-order valence-electron chi connectivity index (χ4n) is 3.75. The van der Waals surface area contributed by atoms with Crippen molar-refractivity contribution < 1.29 is 9.18 Å². The van der Waals surface area contributed by atoms with Crippen LogP contribution in [0.1, 0.15) is 34.6 Å². The molecule has 0 radical (unpaired) electrons. The highest BCUT2D eigenvalue weighted by atomic mass is 19.1. The van der Waals surface area contributed by atoms with E-state index in [2.05, 4.69) is 26.9 Å². The minimum Gasteiger partial charge on any atom is -0.339 e. The van der Waals surface area contributed by atoms with Gasteiger partial charge in [0.25, 0.3) is 5.91 Å². The Labute approximate surface area is 163 Å². The summed E-state index contributed by atoms with van der Waals surface area (Å²) in [5.41, 5.74) is 1.64. The van der Waals surface area contributed by atoms with Gasteiger partial charge in [-0.05, 0) is 42.5 Å². The maximum atomic E-state index is 13.4. The smallest absolute Gasteiger partial charge is 0.253 e. The van der Waals surface area contributed by atoms with Crippen molar-refractivity contribution in [1.82, 2.24) is 19.7 Å². The van der Waals surface area contributed by atoms with E-state index >= 15 is 0 Å². The predicted octanol–water partition coefficient (Wildman–Crippen LogP) is 3.56. The van der Waals surface area contributed by atoms with Crippen molar-refractivity contribution in [3.63, 3.8) is 0 Å². The minimum absolute atomic E-state index is 0.0924. The standard InChI is InChI=1S/C22H23FN4O/c23-20-8-4-7-19(14-20)22(28)26-11-9-17(10-12-26)13-21-25-24-16-27(21)15-18-5-2-1-3-6-18/h1-8,14,16-17H,9-13,15H2. The zero-order valence-electron chi connectivity index (χ0n) is 15.7. The molecule has 0 saturated carbocycles. The van der Waals surface area contributed by atoms with Gasteiger partial charge in [-0.2, -0.15) is 0 Å². The van der Waals surface area contributed by atoms with Crippen LogP contribution in [0.25, 0.3) is 0 Å². The summed E-state index contributed by atoms with van der Waals surface area (Å²) in [6.45, 7) is 2.14. The molecule has 0 N–H and O–H groups in total. The third kappa shape index (κ3) is 4.27. The van der Waals surface area contributed by atoms with Gasteiger partial charge < -0.3 is 9.47 Å². The SMILES string of the molecule is O=C(c1cccc(F)c1)N1CCC(Cc2nncn2Cc2ccccc2)CC1. The van der Waals surface area contributed by atoms with Gasteiger partial charge in [0, 0.05) is 25.1 Å². The average Bonchev–Trinajstić information content (AvgIpc) is 3.15. The molecule has 1 aliphatic heterocycles. The van der Waals surface area contributed by atoms with Crippen LogP contribution in [0.5, 0.6) is 0 Å². The molecule has 1 aromatic heterocycles. The monoisotopic (exact) mass is 378 g/mol. The van der Waals surface area contributed by atoms with Crippen molar-refractivity contribution in [3.8, 4) is 0 Å². The molecule has 0 atom stereocenters. The van der Waals surface area contributed by atoms with Crippen LogP contribution in [0.2, 0.25) is 0 Å². The molecule has 4 rings (SSSR count). The molecule has 28 heavy (non-hydrogen) atoms. The Kier molecular flexibility index (Phi) is 5.46. The summed E-state index contributed by atoms with van der Waals surface area (Å²) >= 11 is 0. The van der Waals surface area contributed by atoms with Gasteiger partial charge in [-0.3, -0.25) is 4.79 Å². The Morgan fingerprint density at radius 2 is 1.86 bits per heavy atom. The van der Waals surface area contributed by atoms with Crippen LogP contribution >= 0.6 is 0 Å². The van der Waals surface area contributed by atoms with E-state index in [9.17, 15) is 9.18 Å². The molecule has 0 bridgehead atoms. The van der Waals surface area contributed by atoms with Gasteiger partial charge >= 0.3 is 0 Å². The van der Waals surface area contributed by atoms with E-state index in [4.69, 9.17) is 0 Å². The van der Waals surface area contributed by atoms with Crippen molar-refractivity contribution in [2.24, 2.45) is 5.92 Å². The van der Waals surface area contributed by atoms with E-state index in [1.54, 1.807) is 18.5 Å². The highest BCUT2D eigenvalue weighted by Crippen LogP contribution is 2.22. The van der Waals surface area contributed by atoms with Gasteiger partial charge in [-0.25, -0.2) is 4.39 Å². The van der Waals surface area contributed by atoms with Crippen molar-refractivity contribution in [3.05, 3.63) is 83.7 Å². The number of likely N-dealkylation sites (tertiary alicyclic amines) is 1. The minimum atomic E-state index is -0.376. The lowest BCUT2D eigenvalue weighted by Gasteiger charge is -2.32. The summed E-state index contributed by atoms with van der Waals surface area (Å²) in [5, 5.41) is 8.40. The number of nitrogens with zero attached hydrogens (tertiary/aromatic N) is 4. The van der Waals surface area contributed by atoms with E-state index in [0.29, 0.717) is 24.6 Å². The molecule has 6 heteroatoms. The first-order chi connectivity index (χ1) is 13.7. The first kappa shape index (κ1) is 18.3. The molecular formula is C22H23FN4O. The number of carbonyl (C=O) groups is 1. The highest BCUT2D eigenvalue weighted by molar-refractivity contribution is 5.94. The van der Waals surface area contributed by atoms with Gasteiger partial charge in [0.2, 0.25) is 0 Å². The van der Waals surface area contributed by atoms with Gasteiger partial charge in [0.15, 0.2) is 0 Å². The molecule has 3 aromatic rings. The van der Waals surface area contributed by atoms with Crippen molar-refractivity contribution in [2.45, 2.75) is 25.8 Å². The molecule has 1 aliphatic rings. The number of rotatable bonds is 5. The Morgan fingerprint density at radius 1 is 1.07 bits per heavy atom. The number of halogens is 1. The molecule has 1 saturated heterocycles. The highest BCUT2D eigenvalue weighted by Gasteiger charge is 2.25. The van der Waals surface area contributed by atoms with E-state index < -0.39 is 0 Å². The first-order valence-corrected chi connectivity index (χ1v) is 9.64. The first-order valence-electron chi connectivity index (χ1n) is 9.64. The van der Waals surface area contributed by atoms with Crippen LogP contribution in [0, 0.1) is 11.7 Å². The zero-order chi connectivity index (χ0) is 19.3.